The third-order valence-electron chi connectivity index (χ3n) is 2.90. The van der Waals surface area contributed by atoms with E-state index in [2.05, 4.69) is 5.32 Å². The van der Waals surface area contributed by atoms with Crippen LogP contribution in [0.15, 0.2) is 24.3 Å². The molecule has 7 heteroatoms. The van der Waals surface area contributed by atoms with Crippen molar-refractivity contribution in [1.29, 1.82) is 0 Å². The molecule has 21 heavy (non-hydrogen) atoms. The number of nitrogens with one attached hydrogen (secondary N) is 1. The second kappa shape index (κ2) is 7.10. The number of aliphatic carboxylic acids is 1. The van der Waals surface area contributed by atoms with Crippen molar-refractivity contribution in [3.05, 3.63) is 35.4 Å². The van der Waals surface area contributed by atoms with Gasteiger partial charge in [-0.25, -0.2) is 0 Å². The minimum atomic E-state index is -4.48. The van der Waals surface area contributed by atoms with Crippen LogP contribution >= 0.6 is 0 Å². The molecule has 1 atom stereocenters. The monoisotopic (exact) mass is 303 g/mol. The van der Waals surface area contributed by atoms with Gasteiger partial charge in [0, 0.05) is 19.4 Å². The van der Waals surface area contributed by atoms with E-state index in [1.165, 1.54) is 25.1 Å². The van der Waals surface area contributed by atoms with E-state index in [4.69, 9.17) is 5.11 Å². The van der Waals surface area contributed by atoms with E-state index in [1.807, 2.05) is 0 Å². The molecule has 1 amide bonds. The fourth-order valence-electron chi connectivity index (χ4n) is 2.05. The summed E-state index contributed by atoms with van der Waals surface area (Å²) in [5, 5.41) is 11.1. The molecule has 0 aliphatic carbocycles. The number of carbonyl (C=O) groups excluding carboxylic acids is 1. The van der Waals surface area contributed by atoms with Crippen molar-refractivity contribution in [2.75, 3.05) is 0 Å². The molecule has 2 N–H and O–H groups in total. The predicted molar refractivity (Wildman–Crippen MR) is 69.6 cm³/mol. The molecule has 1 rings (SSSR count). The number of carboxylic acid groups (broad SMARTS) is 1. The SMILES string of the molecule is CC(=O)NC(CCC(=O)O)Cc1ccccc1C(F)(F)F. The molecule has 0 saturated carbocycles. The lowest BCUT2D eigenvalue weighted by atomic mass is 9.97. The molecule has 0 fully saturated rings. The molecule has 0 radical (unpaired) electrons. The maximum Gasteiger partial charge on any atom is 0.416 e. The number of benzene rings is 1. The lowest BCUT2D eigenvalue weighted by Crippen LogP contribution is -2.35. The van der Waals surface area contributed by atoms with E-state index < -0.39 is 29.7 Å². The number of amides is 1. The van der Waals surface area contributed by atoms with Crippen molar-refractivity contribution < 1.29 is 27.9 Å². The molecule has 0 heterocycles. The van der Waals surface area contributed by atoms with Gasteiger partial charge in [-0.1, -0.05) is 18.2 Å². The zero-order valence-electron chi connectivity index (χ0n) is 11.4. The lowest BCUT2D eigenvalue weighted by molar-refractivity contribution is -0.139. The lowest BCUT2D eigenvalue weighted by Gasteiger charge is -2.20. The van der Waals surface area contributed by atoms with Crippen LogP contribution in [0.2, 0.25) is 0 Å². The van der Waals surface area contributed by atoms with Gasteiger partial charge in [-0.3, -0.25) is 9.59 Å². The van der Waals surface area contributed by atoms with E-state index in [1.54, 1.807) is 0 Å². The summed E-state index contributed by atoms with van der Waals surface area (Å²) in [5.41, 5.74) is -0.732. The number of hydrogen-bond donors (Lipinski definition) is 2. The van der Waals surface area contributed by atoms with Crippen LogP contribution in [0.4, 0.5) is 13.2 Å². The van der Waals surface area contributed by atoms with Gasteiger partial charge in [-0.2, -0.15) is 13.2 Å². The normalized spacial score (nSPS) is 12.8. The fourth-order valence-corrected chi connectivity index (χ4v) is 2.05. The smallest absolute Gasteiger partial charge is 0.416 e. The van der Waals surface area contributed by atoms with E-state index in [0.29, 0.717) is 0 Å². The van der Waals surface area contributed by atoms with Crippen molar-refractivity contribution in [3.63, 3.8) is 0 Å². The van der Waals surface area contributed by atoms with Crippen molar-refractivity contribution >= 4 is 11.9 Å². The van der Waals surface area contributed by atoms with E-state index in [9.17, 15) is 22.8 Å². The van der Waals surface area contributed by atoms with Crippen LogP contribution in [0.25, 0.3) is 0 Å². The Labute approximate surface area is 120 Å². The second-order valence-electron chi connectivity index (χ2n) is 4.69. The topological polar surface area (TPSA) is 66.4 Å². The van der Waals surface area contributed by atoms with Gasteiger partial charge < -0.3 is 10.4 Å². The molecular weight excluding hydrogens is 287 g/mol. The summed E-state index contributed by atoms with van der Waals surface area (Å²) in [6.45, 7) is 1.24. The van der Waals surface area contributed by atoms with Gasteiger partial charge in [0.1, 0.15) is 0 Å². The summed E-state index contributed by atoms with van der Waals surface area (Å²) in [5.74, 6) is -1.47. The van der Waals surface area contributed by atoms with Gasteiger partial charge in [0.2, 0.25) is 5.91 Å². The van der Waals surface area contributed by atoms with Crippen LogP contribution in [-0.2, 0) is 22.2 Å². The standard InChI is InChI=1S/C14H16F3NO3/c1-9(19)18-11(6-7-13(20)21)8-10-4-2-3-5-12(10)14(15,16)17/h2-5,11H,6-8H2,1H3,(H,18,19)(H,20,21). The van der Waals surface area contributed by atoms with Gasteiger partial charge in [0.25, 0.3) is 0 Å². The number of hydrogen-bond acceptors (Lipinski definition) is 2. The van der Waals surface area contributed by atoms with Crippen LogP contribution in [0.3, 0.4) is 0 Å². The fraction of sp³-hybridized carbons (Fsp3) is 0.429. The molecule has 0 spiro atoms. The van der Waals surface area contributed by atoms with Crippen LogP contribution in [0.1, 0.15) is 30.9 Å². The highest BCUT2D eigenvalue weighted by Crippen LogP contribution is 2.32. The minimum Gasteiger partial charge on any atom is -0.481 e. The Hall–Kier alpha value is -2.05. The van der Waals surface area contributed by atoms with E-state index >= 15 is 0 Å². The summed E-state index contributed by atoms with van der Waals surface area (Å²) in [4.78, 5) is 21.7. The number of carboxylic acids is 1. The van der Waals surface area contributed by atoms with Crippen LogP contribution in [-0.4, -0.2) is 23.0 Å². The molecule has 116 valence electrons. The van der Waals surface area contributed by atoms with Crippen LogP contribution in [0.5, 0.6) is 0 Å². The molecule has 0 aromatic heterocycles. The third-order valence-corrected chi connectivity index (χ3v) is 2.90. The highest BCUT2D eigenvalue weighted by atomic mass is 19.4. The molecule has 0 aliphatic heterocycles. The molecule has 0 saturated heterocycles. The number of carbonyl (C=O) groups is 2. The van der Waals surface area contributed by atoms with Gasteiger partial charge >= 0.3 is 12.1 Å². The van der Waals surface area contributed by atoms with Crippen molar-refractivity contribution in [1.82, 2.24) is 5.32 Å². The first-order valence-corrected chi connectivity index (χ1v) is 6.34. The highest BCUT2D eigenvalue weighted by Gasteiger charge is 2.33. The maximum absolute atomic E-state index is 12.9. The Balaban J connectivity index is 2.92. The Kier molecular flexibility index (Phi) is 5.75. The van der Waals surface area contributed by atoms with Gasteiger partial charge in [0.05, 0.1) is 5.56 Å². The zero-order chi connectivity index (χ0) is 16.0. The van der Waals surface area contributed by atoms with Gasteiger partial charge in [-0.05, 0) is 24.5 Å². The second-order valence-corrected chi connectivity index (χ2v) is 4.69. The Morgan fingerprint density at radius 2 is 1.90 bits per heavy atom. The van der Waals surface area contributed by atoms with Gasteiger partial charge in [-0.15, -0.1) is 0 Å². The van der Waals surface area contributed by atoms with Crippen molar-refractivity contribution in [2.24, 2.45) is 0 Å². The van der Waals surface area contributed by atoms with Crippen LogP contribution in [0, 0.1) is 0 Å². The summed E-state index contributed by atoms with van der Waals surface area (Å²) in [6, 6.07) is 4.42. The van der Waals surface area contributed by atoms with Crippen molar-refractivity contribution in [2.45, 2.75) is 38.4 Å². The van der Waals surface area contributed by atoms with Crippen LogP contribution < -0.4 is 5.32 Å². The molecule has 1 unspecified atom stereocenters. The molecule has 1 aromatic carbocycles. The molecule has 1 aromatic rings. The molecule has 0 bridgehead atoms. The summed E-state index contributed by atoms with van der Waals surface area (Å²) < 4.78 is 38.7. The Bertz CT molecular complexity index is 514. The summed E-state index contributed by atoms with van der Waals surface area (Å²) in [7, 11) is 0. The maximum atomic E-state index is 12.9. The average molecular weight is 303 g/mol. The minimum absolute atomic E-state index is 0.0362. The third kappa shape index (κ3) is 5.85. The molecule has 4 nitrogen and oxygen atoms in total. The van der Waals surface area contributed by atoms with Gasteiger partial charge in [0.15, 0.2) is 0 Å². The zero-order valence-corrected chi connectivity index (χ0v) is 11.4. The number of halogens is 3. The molecule has 0 aliphatic rings. The number of rotatable bonds is 6. The first-order chi connectivity index (χ1) is 9.70. The van der Waals surface area contributed by atoms with E-state index in [0.717, 1.165) is 6.07 Å². The van der Waals surface area contributed by atoms with Crippen molar-refractivity contribution in [3.8, 4) is 0 Å². The van der Waals surface area contributed by atoms with E-state index in [-0.39, 0.29) is 24.8 Å². The average Bonchev–Trinajstić information content (AvgIpc) is 2.34. The predicted octanol–water partition coefficient (Wildman–Crippen LogP) is 2.62. The largest absolute Gasteiger partial charge is 0.481 e. The Morgan fingerprint density at radius 1 is 1.29 bits per heavy atom. The first kappa shape index (κ1) is 17.0. The summed E-state index contributed by atoms with van der Waals surface area (Å²) >= 11 is 0. The highest BCUT2D eigenvalue weighted by molar-refractivity contribution is 5.73. The summed E-state index contributed by atoms with van der Waals surface area (Å²) in [6.07, 6.45) is -4.70. The first-order valence-electron chi connectivity index (χ1n) is 6.34. The number of alkyl halides is 3. The Morgan fingerprint density at radius 3 is 2.43 bits per heavy atom. The molecular formula is C14H16F3NO3. The quantitative estimate of drug-likeness (QED) is 0.849.